The predicted octanol–water partition coefficient (Wildman–Crippen LogP) is 7.91. The van der Waals surface area contributed by atoms with Crippen molar-refractivity contribution in [2.45, 2.75) is 61.3 Å². The number of carbonyl (C=O) groups excluding carboxylic acids is 1. The summed E-state index contributed by atoms with van der Waals surface area (Å²) in [6, 6.07) is 0. The van der Waals surface area contributed by atoms with Gasteiger partial charge in [-0.1, -0.05) is 57.2 Å². The minimum absolute atomic E-state index is 0. The lowest BCUT2D eigenvalue weighted by Crippen LogP contribution is -1.93. The summed E-state index contributed by atoms with van der Waals surface area (Å²) in [7, 11) is 3.98. The van der Waals surface area contributed by atoms with Crippen LogP contribution in [0.5, 0.6) is 0 Å². The molecule has 0 spiro atoms. The fraction of sp³-hybridized carbons (Fsp3) is 0.947. The Bertz CT molecular complexity index is 312. The molecule has 0 aliphatic carbocycles. The van der Waals surface area contributed by atoms with Crippen molar-refractivity contribution >= 4 is 88.0 Å². The van der Waals surface area contributed by atoms with Gasteiger partial charge in [-0.15, -0.1) is 0 Å². The number of aldehydes is 1. The van der Waals surface area contributed by atoms with Crippen LogP contribution in [0.3, 0.4) is 0 Å². The van der Waals surface area contributed by atoms with Crippen LogP contribution in [0.1, 0.15) is 61.3 Å². The number of unbranched alkanes of at least 4 members (excludes halogenated alkanes) is 1. The Kier molecular flexibility index (Phi) is 72.4. The molecule has 0 radical (unpaired) electrons. The van der Waals surface area contributed by atoms with Gasteiger partial charge in [0.15, 0.2) is 0 Å². The Morgan fingerprint density at radius 1 is 1.09 bits per heavy atom. The van der Waals surface area contributed by atoms with Crippen LogP contribution in [-0.4, -0.2) is 62.9 Å². The maximum atomic E-state index is 9.81. The van der Waals surface area contributed by atoms with Crippen LogP contribution in [0.25, 0.3) is 0 Å². The van der Waals surface area contributed by atoms with Crippen molar-refractivity contribution in [3.05, 3.63) is 10.1 Å². The molecule has 6 nitrogen and oxygen atoms in total. The summed E-state index contributed by atoms with van der Waals surface area (Å²) >= 11 is 9.37. The van der Waals surface area contributed by atoms with E-state index >= 15 is 0 Å². The molecular weight excluding hydrogens is 545 g/mol. The number of nitrogens with zero attached hydrogens (tertiary/aromatic N) is 1. The molecule has 0 aromatic rings. The first-order valence-corrected chi connectivity index (χ1v) is 16.7. The fourth-order valence-corrected chi connectivity index (χ4v) is 6.06. The molecular formula is C19H48N2O4S7. The summed E-state index contributed by atoms with van der Waals surface area (Å²) in [6.45, 7) is 2.16. The largest absolute Gasteiger partial charge is 0.302 e. The van der Waals surface area contributed by atoms with E-state index in [1.807, 2.05) is 33.3 Å². The van der Waals surface area contributed by atoms with Gasteiger partial charge in [-0.25, -0.2) is 10.2 Å². The Balaban J connectivity index is -0.0000000709. The minimum Gasteiger partial charge on any atom is -0.302 e. The van der Waals surface area contributed by atoms with Crippen LogP contribution in [0.15, 0.2) is 0 Å². The lowest BCUT2D eigenvalue weighted by Gasteiger charge is -1.93. The van der Waals surface area contributed by atoms with E-state index in [9.17, 15) is 14.9 Å². The highest BCUT2D eigenvalue weighted by Gasteiger charge is 1.99. The first kappa shape index (κ1) is 46.7. The second-order valence-electron chi connectivity index (χ2n) is 4.99. The van der Waals surface area contributed by atoms with Gasteiger partial charge in [-0.05, 0) is 49.2 Å². The number of rotatable bonds is 14. The van der Waals surface area contributed by atoms with Crippen LogP contribution in [0.4, 0.5) is 0 Å². The Morgan fingerprint density at radius 3 is 2.03 bits per heavy atom. The molecule has 0 amide bonds. The molecule has 32 heavy (non-hydrogen) atoms. The predicted molar refractivity (Wildman–Crippen MR) is 167 cm³/mol. The second kappa shape index (κ2) is 49.5. The third-order valence-electron chi connectivity index (χ3n) is 2.51. The number of hydrogen-bond donors (Lipinski definition) is 2. The summed E-state index contributed by atoms with van der Waals surface area (Å²) in [5, 5.41) is 9.74. The van der Waals surface area contributed by atoms with E-state index in [-0.39, 0.29) is 22.3 Å². The molecule has 1 rings (SSSR count). The van der Waals surface area contributed by atoms with Gasteiger partial charge in [0.2, 0.25) is 11.9 Å². The summed E-state index contributed by atoms with van der Waals surface area (Å²) in [6.07, 6.45) is 8.96. The molecule has 0 aromatic carbocycles. The van der Waals surface area contributed by atoms with Crippen LogP contribution < -0.4 is 5.90 Å². The van der Waals surface area contributed by atoms with E-state index in [4.69, 9.17) is 5.90 Å². The molecule has 0 unspecified atom stereocenters. The van der Waals surface area contributed by atoms with Crippen LogP contribution >= 0.6 is 81.7 Å². The zero-order chi connectivity index (χ0) is 22.4. The lowest BCUT2D eigenvalue weighted by atomic mass is 10.4. The smallest absolute Gasteiger partial charge is 0.228 e. The van der Waals surface area contributed by atoms with E-state index in [1.54, 1.807) is 11.8 Å². The molecule has 1 heterocycles. The third kappa shape index (κ3) is 63.4. The fourth-order valence-electron chi connectivity index (χ4n) is 1.19. The van der Waals surface area contributed by atoms with E-state index in [0.29, 0.717) is 29.2 Å². The Hall–Kier alpha value is 1.44. The SMILES string of the molecule is C.C.C.C1CSSC1.CCCCS.CSCCCSCC=O.NOSCCCS[N+](=O)[O-]. The van der Waals surface area contributed by atoms with Crippen LogP contribution in [0.2, 0.25) is 0 Å². The summed E-state index contributed by atoms with van der Waals surface area (Å²) < 4.78 is 3.78. The summed E-state index contributed by atoms with van der Waals surface area (Å²) in [5.41, 5.74) is 0. The Morgan fingerprint density at radius 2 is 1.69 bits per heavy atom. The van der Waals surface area contributed by atoms with Gasteiger partial charge < -0.3 is 4.79 Å². The van der Waals surface area contributed by atoms with E-state index in [1.165, 1.54) is 42.9 Å². The van der Waals surface area contributed by atoms with Crippen molar-refractivity contribution in [2.24, 2.45) is 5.90 Å². The second-order valence-corrected chi connectivity index (χ2v) is 12.1. The van der Waals surface area contributed by atoms with Gasteiger partial charge >= 0.3 is 0 Å². The highest BCUT2D eigenvalue weighted by Crippen LogP contribution is 2.29. The first-order chi connectivity index (χ1) is 14.1. The van der Waals surface area contributed by atoms with Gasteiger partial charge in [0.05, 0.1) is 5.75 Å². The number of thiol groups is 1. The van der Waals surface area contributed by atoms with Crippen molar-refractivity contribution in [3.8, 4) is 0 Å². The average molecular weight is 593 g/mol. The molecule has 0 bridgehead atoms. The van der Waals surface area contributed by atoms with Crippen LogP contribution in [-0.2, 0) is 9.08 Å². The minimum atomic E-state index is -0.409. The summed E-state index contributed by atoms with van der Waals surface area (Å²) in [4.78, 5) is 19.5. The maximum absolute atomic E-state index is 9.81. The number of nitrogens with two attached hydrogens (primary N) is 1. The van der Waals surface area contributed by atoms with Crippen molar-refractivity contribution < 1.29 is 13.4 Å². The van der Waals surface area contributed by atoms with Gasteiger partial charge in [0.25, 0.3) is 0 Å². The molecule has 1 fully saturated rings. The molecule has 200 valence electrons. The molecule has 2 N–H and O–H groups in total. The maximum Gasteiger partial charge on any atom is 0.228 e. The quantitative estimate of drug-likeness (QED) is 0.0301. The van der Waals surface area contributed by atoms with Crippen molar-refractivity contribution in [1.82, 2.24) is 0 Å². The summed E-state index contributed by atoms with van der Waals surface area (Å²) in [5.74, 6) is 12.7. The molecule has 1 saturated heterocycles. The molecule has 0 aromatic heterocycles. The molecule has 1 aliphatic rings. The van der Waals surface area contributed by atoms with E-state index < -0.39 is 4.33 Å². The van der Waals surface area contributed by atoms with Gasteiger partial charge in [-0.2, -0.15) is 36.2 Å². The average Bonchev–Trinajstić information content (AvgIpc) is 3.29. The molecule has 0 atom stereocenters. The monoisotopic (exact) mass is 592 g/mol. The highest BCUT2D eigenvalue weighted by molar-refractivity contribution is 8.77. The normalized spacial score (nSPS) is 10.8. The van der Waals surface area contributed by atoms with Gasteiger partial charge in [0, 0.05) is 35.1 Å². The van der Waals surface area contributed by atoms with Crippen LogP contribution in [0, 0.1) is 10.1 Å². The van der Waals surface area contributed by atoms with Crippen molar-refractivity contribution in [2.75, 3.05) is 52.3 Å². The van der Waals surface area contributed by atoms with Gasteiger partial charge in [-0.3, -0.25) is 10.1 Å². The number of carbonyl (C=O) groups is 1. The lowest BCUT2D eigenvalue weighted by molar-refractivity contribution is -0.284. The first-order valence-electron chi connectivity index (χ1n) is 9.21. The van der Waals surface area contributed by atoms with E-state index in [2.05, 4.69) is 30.1 Å². The number of nitro groups is 1. The highest BCUT2D eigenvalue weighted by atomic mass is 33.1. The van der Waals surface area contributed by atoms with Crippen molar-refractivity contribution in [3.63, 3.8) is 0 Å². The number of hydrogen-bond acceptors (Lipinski definition) is 12. The van der Waals surface area contributed by atoms with Gasteiger partial charge in [0.1, 0.15) is 10.6 Å². The van der Waals surface area contributed by atoms with Crippen molar-refractivity contribution in [1.29, 1.82) is 0 Å². The molecule has 13 heteroatoms. The molecule has 1 aliphatic heterocycles. The third-order valence-corrected chi connectivity index (χ3v) is 8.32. The topological polar surface area (TPSA) is 95.5 Å². The van der Waals surface area contributed by atoms with E-state index in [0.717, 1.165) is 36.3 Å². The Labute approximate surface area is 229 Å². The number of thioether (sulfide) groups is 2. The zero-order valence-corrected chi connectivity index (χ0v) is 23.1. The zero-order valence-electron chi connectivity index (χ0n) is 17.3. The standard InChI is InChI=1S/C6H12OS2.C4H10S.C3H8N2O3S2.C3H6S2.3CH4/c1-8-4-2-5-9-6-3-7;1-2-3-4-5;4-8-10-3-1-2-9-5(6)7;1-2-4-5-3-1;;;/h3H,2,4-6H2,1H3;5H,2-4H2,1H3;1-4H2;1-3H2;3*1H4. The molecule has 0 saturated carbocycles.